The Hall–Kier alpha value is -0.880. The van der Waals surface area contributed by atoms with Crippen LogP contribution in [0, 0.1) is 0 Å². The summed E-state index contributed by atoms with van der Waals surface area (Å²) in [6, 6.07) is 0. The van der Waals surface area contributed by atoms with Gasteiger partial charge in [0.05, 0.1) is 11.8 Å². The molecule has 1 aliphatic rings. The van der Waals surface area contributed by atoms with E-state index in [2.05, 4.69) is 14.7 Å². The van der Waals surface area contributed by atoms with Gasteiger partial charge in [-0.1, -0.05) is 12.8 Å². The van der Waals surface area contributed by atoms with Crippen LogP contribution in [0.15, 0.2) is 12.4 Å². The summed E-state index contributed by atoms with van der Waals surface area (Å²) in [4.78, 5) is 6.83. The minimum atomic E-state index is -3.15. The zero-order chi connectivity index (χ0) is 10.7. The number of nitrogens with one attached hydrogen (secondary N) is 2. The van der Waals surface area contributed by atoms with Gasteiger partial charge in [-0.2, -0.15) is 0 Å². The predicted molar refractivity (Wildman–Crippen MR) is 56.6 cm³/mol. The van der Waals surface area contributed by atoms with E-state index in [4.69, 9.17) is 0 Å². The van der Waals surface area contributed by atoms with Crippen molar-refractivity contribution in [1.29, 1.82) is 0 Å². The summed E-state index contributed by atoms with van der Waals surface area (Å²) >= 11 is 0. The van der Waals surface area contributed by atoms with Crippen molar-refractivity contribution in [2.45, 2.75) is 37.5 Å². The van der Waals surface area contributed by atoms with E-state index < -0.39 is 10.0 Å². The molecule has 2 N–H and O–H groups in total. The molecule has 0 spiro atoms. The maximum atomic E-state index is 11.8. The number of aromatic nitrogens is 2. The smallest absolute Gasteiger partial charge is 0.214 e. The molecule has 1 aliphatic carbocycles. The van der Waals surface area contributed by atoms with E-state index >= 15 is 0 Å². The SMILES string of the molecule is O=S(=O)(NCc1ncc[nH]1)C1CCCC1. The van der Waals surface area contributed by atoms with Gasteiger partial charge < -0.3 is 4.98 Å². The number of sulfonamides is 1. The molecule has 6 heteroatoms. The minimum absolute atomic E-state index is 0.201. The standard InChI is InChI=1S/C9H15N3O2S/c13-15(14,8-3-1-2-4-8)12-7-9-10-5-6-11-9/h5-6,8,12H,1-4,7H2,(H,10,11). The first kappa shape index (κ1) is 10.6. The van der Waals surface area contributed by atoms with E-state index in [0.717, 1.165) is 25.7 Å². The molecule has 1 fully saturated rings. The van der Waals surface area contributed by atoms with Gasteiger partial charge in [0, 0.05) is 12.4 Å². The Morgan fingerprint density at radius 3 is 2.80 bits per heavy atom. The molecule has 0 amide bonds. The monoisotopic (exact) mass is 229 g/mol. The fourth-order valence-corrected chi connectivity index (χ4v) is 3.41. The Bertz CT molecular complexity index is 393. The fourth-order valence-electron chi connectivity index (χ4n) is 1.88. The summed E-state index contributed by atoms with van der Waals surface area (Å²) < 4.78 is 26.1. The molecule has 0 radical (unpaired) electrons. The fraction of sp³-hybridized carbons (Fsp3) is 0.667. The van der Waals surface area contributed by atoms with Gasteiger partial charge in [-0.15, -0.1) is 0 Å². The molecule has 1 aromatic rings. The number of hydrogen-bond donors (Lipinski definition) is 2. The van der Waals surface area contributed by atoms with Crippen LogP contribution in [0.1, 0.15) is 31.5 Å². The molecule has 1 heterocycles. The molecule has 1 saturated carbocycles. The molecule has 15 heavy (non-hydrogen) atoms. The Labute approximate surface area is 89.4 Å². The van der Waals surface area contributed by atoms with Gasteiger partial charge >= 0.3 is 0 Å². The highest BCUT2D eigenvalue weighted by Gasteiger charge is 2.28. The van der Waals surface area contributed by atoms with E-state index in [0.29, 0.717) is 5.82 Å². The zero-order valence-electron chi connectivity index (χ0n) is 8.44. The second-order valence-electron chi connectivity index (χ2n) is 3.81. The summed E-state index contributed by atoms with van der Waals surface area (Å²) in [5.74, 6) is 0.650. The molecule has 2 rings (SSSR count). The lowest BCUT2D eigenvalue weighted by Crippen LogP contribution is -2.32. The molecule has 0 aromatic carbocycles. The van der Waals surface area contributed by atoms with Gasteiger partial charge in [0.1, 0.15) is 5.82 Å². The topological polar surface area (TPSA) is 74.8 Å². The van der Waals surface area contributed by atoms with Crippen molar-refractivity contribution in [2.75, 3.05) is 0 Å². The van der Waals surface area contributed by atoms with Crippen LogP contribution in [0.5, 0.6) is 0 Å². The summed E-state index contributed by atoms with van der Waals surface area (Å²) in [5.41, 5.74) is 0. The summed E-state index contributed by atoms with van der Waals surface area (Å²) in [6.45, 7) is 0.256. The largest absolute Gasteiger partial charge is 0.347 e. The lowest BCUT2D eigenvalue weighted by atomic mass is 10.4. The average Bonchev–Trinajstić information content (AvgIpc) is 2.88. The van der Waals surface area contributed by atoms with E-state index in [1.165, 1.54) is 0 Å². The third-order valence-electron chi connectivity index (χ3n) is 2.74. The molecular formula is C9H15N3O2S. The highest BCUT2D eigenvalue weighted by Crippen LogP contribution is 2.23. The normalized spacial score (nSPS) is 18.4. The number of H-pyrrole nitrogens is 1. The third kappa shape index (κ3) is 2.57. The van der Waals surface area contributed by atoms with Crippen molar-refractivity contribution in [3.05, 3.63) is 18.2 Å². The minimum Gasteiger partial charge on any atom is -0.347 e. The predicted octanol–water partition coefficient (Wildman–Crippen LogP) is 0.772. The molecule has 0 unspecified atom stereocenters. The molecule has 0 bridgehead atoms. The first-order valence-corrected chi connectivity index (χ1v) is 6.70. The highest BCUT2D eigenvalue weighted by molar-refractivity contribution is 7.90. The summed E-state index contributed by atoms with van der Waals surface area (Å²) in [5, 5.41) is -0.201. The van der Waals surface area contributed by atoms with Crippen LogP contribution in [0.2, 0.25) is 0 Å². The van der Waals surface area contributed by atoms with Crippen LogP contribution in [-0.2, 0) is 16.6 Å². The van der Waals surface area contributed by atoms with Gasteiger partial charge in [0.25, 0.3) is 0 Å². The van der Waals surface area contributed by atoms with Crippen molar-refractivity contribution in [2.24, 2.45) is 0 Å². The van der Waals surface area contributed by atoms with Crippen molar-refractivity contribution >= 4 is 10.0 Å². The lowest BCUT2D eigenvalue weighted by Gasteiger charge is -2.10. The third-order valence-corrected chi connectivity index (χ3v) is 4.63. The van der Waals surface area contributed by atoms with Gasteiger partial charge in [-0.3, -0.25) is 0 Å². The average molecular weight is 229 g/mol. The van der Waals surface area contributed by atoms with Crippen LogP contribution in [0.4, 0.5) is 0 Å². The maximum absolute atomic E-state index is 11.8. The Morgan fingerprint density at radius 2 is 2.20 bits per heavy atom. The summed E-state index contributed by atoms with van der Waals surface area (Å²) in [7, 11) is -3.15. The molecule has 0 atom stereocenters. The van der Waals surface area contributed by atoms with Gasteiger partial charge in [0.15, 0.2) is 0 Å². The lowest BCUT2D eigenvalue weighted by molar-refractivity contribution is 0.562. The number of rotatable bonds is 4. The zero-order valence-corrected chi connectivity index (χ0v) is 9.26. The van der Waals surface area contributed by atoms with Crippen molar-refractivity contribution < 1.29 is 8.42 Å². The molecular weight excluding hydrogens is 214 g/mol. The number of aromatic amines is 1. The maximum Gasteiger partial charge on any atom is 0.214 e. The number of hydrogen-bond acceptors (Lipinski definition) is 3. The molecule has 1 aromatic heterocycles. The first-order valence-electron chi connectivity index (χ1n) is 5.15. The Balaban J connectivity index is 1.93. The van der Waals surface area contributed by atoms with Crippen LogP contribution in [-0.4, -0.2) is 23.6 Å². The quantitative estimate of drug-likeness (QED) is 0.801. The van der Waals surface area contributed by atoms with Crippen LogP contribution in [0.25, 0.3) is 0 Å². The van der Waals surface area contributed by atoms with E-state index in [9.17, 15) is 8.42 Å². The summed E-state index contributed by atoms with van der Waals surface area (Å²) in [6.07, 6.45) is 6.90. The number of nitrogens with zero attached hydrogens (tertiary/aromatic N) is 1. The highest BCUT2D eigenvalue weighted by atomic mass is 32.2. The molecule has 84 valence electrons. The molecule has 5 nitrogen and oxygen atoms in total. The van der Waals surface area contributed by atoms with Gasteiger partial charge in [0.2, 0.25) is 10.0 Å². The van der Waals surface area contributed by atoms with E-state index in [1.807, 2.05) is 0 Å². The van der Waals surface area contributed by atoms with Crippen molar-refractivity contribution in [3.63, 3.8) is 0 Å². The second kappa shape index (κ2) is 4.32. The Kier molecular flexibility index (Phi) is 3.06. The van der Waals surface area contributed by atoms with Crippen molar-refractivity contribution in [1.82, 2.24) is 14.7 Å². The second-order valence-corrected chi connectivity index (χ2v) is 5.85. The van der Waals surface area contributed by atoms with Crippen LogP contribution in [0.3, 0.4) is 0 Å². The van der Waals surface area contributed by atoms with Gasteiger partial charge in [-0.05, 0) is 12.8 Å². The van der Waals surface area contributed by atoms with Crippen LogP contribution < -0.4 is 4.72 Å². The molecule has 0 aliphatic heterocycles. The molecule has 0 saturated heterocycles. The van der Waals surface area contributed by atoms with Gasteiger partial charge in [-0.25, -0.2) is 18.1 Å². The Morgan fingerprint density at radius 1 is 1.47 bits per heavy atom. The van der Waals surface area contributed by atoms with Crippen LogP contribution >= 0.6 is 0 Å². The van der Waals surface area contributed by atoms with E-state index in [1.54, 1.807) is 12.4 Å². The first-order chi connectivity index (χ1) is 7.18. The number of imidazole rings is 1. The van der Waals surface area contributed by atoms with Crippen molar-refractivity contribution in [3.8, 4) is 0 Å². The van der Waals surface area contributed by atoms with E-state index in [-0.39, 0.29) is 11.8 Å².